The highest BCUT2D eigenvalue weighted by Gasteiger charge is 2.47. The van der Waals surface area contributed by atoms with Gasteiger partial charge in [0.05, 0.1) is 35.0 Å². The smallest absolute Gasteiger partial charge is 0.496 e. The van der Waals surface area contributed by atoms with Crippen LogP contribution in [0.3, 0.4) is 0 Å². The summed E-state index contributed by atoms with van der Waals surface area (Å²) in [5.74, 6) is -4.08. The Morgan fingerprint density at radius 3 is 2.28 bits per heavy atom. The van der Waals surface area contributed by atoms with Crippen molar-refractivity contribution in [2.75, 3.05) is 12.4 Å². The Morgan fingerprint density at radius 1 is 0.978 bits per heavy atom. The van der Waals surface area contributed by atoms with Crippen molar-refractivity contribution in [2.45, 2.75) is 87.3 Å². The predicted octanol–water partition coefficient (Wildman–Crippen LogP) is 5.86. The summed E-state index contributed by atoms with van der Waals surface area (Å²) in [7, 11) is -4.38. The molecule has 252 valence electrons. The quantitative estimate of drug-likeness (QED) is 0.222. The number of rotatable bonds is 9. The summed E-state index contributed by atoms with van der Waals surface area (Å²) in [5, 5.41) is 14.8. The Labute approximate surface area is 263 Å². The average Bonchev–Trinajstić information content (AvgIpc) is 3.24. The molecule has 0 radical (unpaired) electrons. The Morgan fingerprint density at radius 2 is 1.65 bits per heavy atom. The second-order valence-electron chi connectivity index (χ2n) is 12.0. The third kappa shape index (κ3) is 7.73. The van der Waals surface area contributed by atoms with E-state index in [0.717, 1.165) is 30.7 Å². The van der Waals surface area contributed by atoms with E-state index < -0.39 is 67.3 Å². The summed E-state index contributed by atoms with van der Waals surface area (Å²) in [5.41, 5.74) is -6.62. The maximum atomic E-state index is 15.0. The first kappa shape index (κ1) is 35.0. The first-order chi connectivity index (χ1) is 21.6. The molecule has 0 aromatic heterocycles. The number of carboxylic acid groups (broad SMARTS) is 1. The lowest BCUT2D eigenvalue weighted by Gasteiger charge is -2.34. The number of benzene rings is 2. The van der Waals surface area contributed by atoms with Gasteiger partial charge in [-0.15, -0.1) is 0 Å². The molecular formula is C31H36F4N2O8S. The van der Waals surface area contributed by atoms with E-state index >= 15 is 0 Å². The molecule has 10 nitrogen and oxygen atoms in total. The summed E-state index contributed by atoms with van der Waals surface area (Å²) in [6.07, 6.45) is 3.75. The van der Waals surface area contributed by atoms with Gasteiger partial charge in [0, 0.05) is 17.8 Å². The molecule has 2 aliphatic carbocycles. The number of aliphatic carboxylic acids is 1. The van der Waals surface area contributed by atoms with Crippen molar-refractivity contribution in [3.05, 3.63) is 47.8 Å². The van der Waals surface area contributed by atoms with Crippen LogP contribution in [0.2, 0.25) is 0 Å². The number of alkyl halides is 3. The molecule has 4 rings (SSSR count). The Kier molecular flexibility index (Phi) is 10.5. The van der Waals surface area contributed by atoms with Gasteiger partial charge in [0.1, 0.15) is 5.75 Å². The average molecular weight is 673 g/mol. The lowest BCUT2D eigenvalue weighted by atomic mass is 9.75. The summed E-state index contributed by atoms with van der Waals surface area (Å²) < 4.78 is 89.0. The fraction of sp³-hybridized carbons (Fsp3) is 0.516. The number of halogens is 4. The molecule has 2 aliphatic rings. The van der Waals surface area contributed by atoms with Gasteiger partial charge in [-0.3, -0.25) is 14.4 Å². The van der Waals surface area contributed by atoms with Gasteiger partial charge >= 0.3 is 11.5 Å². The van der Waals surface area contributed by atoms with Crippen molar-refractivity contribution in [1.29, 1.82) is 0 Å². The van der Waals surface area contributed by atoms with E-state index in [-0.39, 0.29) is 22.7 Å². The van der Waals surface area contributed by atoms with E-state index in [1.54, 1.807) is 6.92 Å². The molecule has 2 atom stereocenters. The van der Waals surface area contributed by atoms with Crippen LogP contribution in [0.4, 0.5) is 23.2 Å². The molecule has 0 spiro atoms. The van der Waals surface area contributed by atoms with Crippen molar-refractivity contribution in [1.82, 2.24) is 5.32 Å². The van der Waals surface area contributed by atoms with Crippen LogP contribution in [0.5, 0.6) is 11.5 Å². The van der Waals surface area contributed by atoms with E-state index in [9.17, 15) is 45.5 Å². The van der Waals surface area contributed by atoms with Gasteiger partial charge in [-0.05, 0) is 69.7 Å². The first-order valence-corrected chi connectivity index (χ1v) is 16.3. The van der Waals surface area contributed by atoms with Crippen LogP contribution in [0.25, 0.3) is 0 Å². The fourth-order valence-electron chi connectivity index (χ4n) is 5.86. The molecule has 2 saturated carbocycles. The third-order valence-electron chi connectivity index (χ3n) is 8.73. The van der Waals surface area contributed by atoms with Crippen molar-refractivity contribution < 1.29 is 54.9 Å². The minimum absolute atomic E-state index is 0.0569. The number of carbonyl (C=O) groups excluding carboxylic acids is 2. The van der Waals surface area contributed by atoms with Gasteiger partial charge in [0.15, 0.2) is 11.6 Å². The normalized spacial score (nSPS) is 23.9. The van der Waals surface area contributed by atoms with Gasteiger partial charge in [-0.2, -0.15) is 13.2 Å². The monoisotopic (exact) mass is 672 g/mol. The number of carboxylic acids is 1. The fourth-order valence-corrected chi connectivity index (χ4v) is 6.67. The number of sulfone groups is 1. The molecule has 2 unspecified atom stereocenters. The minimum atomic E-state index is -5.63. The maximum Gasteiger partial charge on any atom is 0.501 e. The van der Waals surface area contributed by atoms with E-state index in [1.165, 1.54) is 19.2 Å². The zero-order valence-corrected chi connectivity index (χ0v) is 26.1. The highest BCUT2D eigenvalue weighted by molar-refractivity contribution is 7.92. The van der Waals surface area contributed by atoms with Crippen LogP contribution < -0.4 is 20.1 Å². The van der Waals surface area contributed by atoms with Crippen molar-refractivity contribution in [3.63, 3.8) is 0 Å². The third-order valence-corrected chi connectivity index (χ3v) is 10.2. The van der Waals surface area contributed by atoms with E-state index in [2.05, 4.69) is 10.6 Å². The van der Waals surface area contributed by atoms with Crippen molar-refractivity contribution in [3.8, 4) is 11.5 Å². The number of carbonyl (C=O) groups is 3. The topological polar surface area (TPSA) is 148 Å². The molecular weight excluding hydrogens is 636 g/mol. The summed E-state index contributed by atoms with van der Waals surface area (Å²) in [6, 6.07) is 5.34. The molecule has 0 saturated heterocycles. The zero-order valence-electron chi connectivity index (χ0n) is 25.3. The van der Waals surface area contributed by atoms with Gasteiger partial charge in [0.2, 0.25) is 5.91 Å². The van der Waals surface area contributed by atoms with Crippen LogP contribution >= 0.6 is 0 Å². The van der Waals surface area contributed by atoms with E-state index in [4.69, 9.17) is 9.47 Å². The number of anilines is 1. The van der Waals surface area contributed by atoms with E-state index in [1.807, 2.05) is 0 Å². The van der Waals surface area contributed by atoms with E-state index in [0.29, 0.717) is 51.4 Å². The molecule has 2 aromatic rings. The Bertz CT molecular complexity index is 1570. The molecule has 0 bridgehead atoms. The molecule has 0 heterocycles. The molecule has 2 amide bonds. The first-order valence-electron chi connectivity index (χ1n) is 14.9. The van der Waals surface area contributed by atoms with Crippen molar-refractivity contribution >= 4 is 33.3 Å². The molecule has 46 heavy (non-hydrogen) atoms. The van der Waals surface area contributed by atoms with Gasteiger partial charge in [0.25, 0.3) is 15.7 Å². The highest BCUT2D eigenvalue weighted by Crippen LogP contribution is 2.39. The SMILES string of the molecule is COc1cc(F)c(OC2CCC(C)(C(=O)O)CC2)cc1C(=O)NC1CCCCCC1C(=O)Nc1cccc(S(=O)(=O)C(F)(F)F)c1. The largest absolute Gasteiger partial charge is 0.501 e. The molecule has 3 N–H and O–H groups in total. The summed E-state index contributed by atoms with van der Waals surface area (Å²) in [4.78, 5) is 37.5. The Hall–Kier alpha value is -3.88. The molecule has 2 aromatic carbocycles. The number of methoxy groups -OCH3 is 1. The zero-order chi connectivity index (χ0) is 33.9. The van der Waals surface area contributed by atoms with Gasteiger partial charge < -0.3 is 25.2 Å². The lowest BCUT2D eigenvalue weighted by molar-refractivity contribution is -0.150. The second kappa shape index (κ2) is 13.9. The molecule has 15 heteroatoms. The number of hydrogen-bond donors (Lipinski definition) is 3. The highest BCUT2D eigenvalue weighted by atomic mass is 32.2. The van der Waals surface area contributed by atoms with Crippen LogP contribution in [0.1, 0.15) is 75.1 Å². The number of amides is 2. The second-order valence-corrected chi connectivity index (χ2v) is 13.9. The van der Waals surface area contributed by atoms with Gasteiger partial charge in [-0.25, -0.2) is 12.8 Å². The molecule has 0 aliphatic heterocycles. The predicted molar refractivity (Wildman–Crippen MR) is 158 cm³/mol. The van der Waals surface area contributed by atoms with Crippen LogP contribution in [-0.4, -0.2) is 56.1 Å². The molecule has 2 fully saturated rings. The summed E-state index contributed by atoms with van der Waals surface area (Å²) in [6.45, 7) is 1.65. The number of nitrogens with one attached hydrogen (secondary N) is 2. The summed E-state index contributed by atoms with van der Waals surface area (Å²) >= 11 is 0. The van der Waals surface area contributed by atoms with Crippen molar-refractivity contribution in [2.24, 2.45) is 11.3 Å². The van der Waals surface area contributed by atoms with Crippen LogP contribution in [-0.2, 0) is 19.4 Å². The lowest BCUT2D eigenvalue weighted by Crippen LogP contribution is -2.44. The number of ether oxygens (including phenoxy) is 2. The number of hydrogen-bond acceptors (Lipinski definition) is 7. The Balaban J connectivity index is 1.51. The standard InChI is InChI=1S/C31H36F4N2O8S/c1-30(29(40)41)13-11-19(12-14-30)45-26-16-22(25(44-2)17-23(26)32)28(39)37-24-10-5-3-4-9-21(24)27(38)36-18-7-6-8-20(15-18)46(42,43)31(33,34)35/h6-8,15-17,19,21,24H,3-5,9-14H2,1-2H3,(H,36,38)(H,37,39)(H,40,41). The van der Waals surface area contributed by atoms with Crippen LogP contribution in [0, 0.1) is 17.2 Å². The van der Waals surface area contributed by atoms with Gasteiger partial charge in [-0.1, -0.05) is 25.3 Å². The van der Waals surface area contributed by atoms with Crippen LogP contribution in [0.15, 0.2) is 41.3 Å². The maximum absolute atomic E-state index is 15.0. The minimum Gasteiger partial charge on any atom is -0.496 e.